The number of phosphoric acid groups is 1. The van der Waals surface area contributed by atoms with Crippen molar-refractivity contribution in [3.8, 4) is 0 Å². The molecule has 6 nitrogen and oxygen atoms in total. The number of hydrogen-bond donors (Lipinski definition) is 0. The van der Waals surface area contributed by atoms with E-state index in [9.17, 15) is 14.4 Å². The first-order valence-electron chi connectivity index (χ1n) is 3.83. The van der Waals surface area contributed by atoms with Gasteiger partial charge in [0.1, 0.15) is 0 Å². The van der Waals surface area contributed by atoms with Crippen LogP contribution in [0, 0.1) is 0 Å². The molecule has 0 spiro atoms. The summed E-state index contributed by atoms with van der Waals surface area (Å²) in [7, 11) is -5.10. The summed E-state index contributed by atoms with van der Waals surface area (Å²) in [5.74, 6) is -1.80. The molecule has 0 N–H and O–H groups in total. The molecule has 0 saturated carbocycles. The van der Waals surface area contributed by atoms with Gasteiger partial charge >= 0.3 is 37.7 Å². The van der Waals surface area contributed by atoms with E-state index in [4.69, 9.17) is 9.47 Å². The molecule has 0 heterocycles. The molecule has 0 rings (SSSR count). The summed E-state index contributed by atoms with van der Waals surface area (Å²) in [5, 5.41) is 0. The van der Waals surface area contributed by atoms with E-state index < -0.39 is 13.8 Å². The summed E-state index contributed by atoms with van der Waals surface area (Å²) < 4.78 is 24.1. The van der Waals surface area contributed by atoms with Gasteiger partial charge in [-0.1, -0.05) is 0 Å². The minimum Gasteiger partial charge on any atom is -0.790 e. The smallest absolute Gasteiger partial charge is 0.790 e. The summed E-state index contributed by atoms with van der Waals surface area (Å²) in [6.07, 6.45) is 0. The van der Waals surface area contributed by atoms with Gasteiger partial charge in [-0.05, 0) is 13.8 Å². The molecule has 0 aromatic carbocycles. The number of rotatable bonds is 6. The molecule has 0 amide bonds. The largest absolute Gasteiger partial charge is 1.00 e. The molecule has 9 heteroatoms. The van der Waals surface area contributed by atoms with Crippen molar-refractivity contribution in [2.45, 2.75) is 26.7 Å². The molecule has 0 aromatic heterocycles. The molecule has 0 saturated heterocycles. The van der Waals surface area contributed by atoms with Crippen LogP contribution >= 0.6 is 7.82 Å². The Balaban J connectivity index is -0.000000720. The van der Waals surface area contributed by atoms with E-state index >= 15 is 0 Å². The van der Waals surface area contributed by atoms with Gasteiger partial charge in [0, 0.05) is 20.1 Å². The first-order valence-corrected chi connectivity index (χ1v) is 5.29. The zero-order chi connectivity index (χ0) is 10.5. The maximum absolute atomic E-state index is 10.3. The van der Waals surface area contributed by atoms with Gasteiger partial charge in [-0.25, -0.2) is 0 Å². The van der Waals surface area contributed by atoms with Crippen molar-refractivity contribution < 1.29 is 66.1 Å². The Hall–Kier alpha value is 1.22. The third kappa shape index (κ3) is 11.5. The molecule has 0 radical (unpaired) electrons. The second-order valence-electron chi connectivity index (χ2n) is 2.27. The summed E-state index contributed by atoms with van der Waals surface area (Å²) in [4.78, 5) is 20.6. The van der Waals surface area contributed by atoms with Crippen LogP contribution < -0.4 is 47.5 Å². The van der Waals surface area contributed by atoms with Crippen molar-refractivity contribution in [2.75, 3.05) is 13.2 Å². The molecule has 0 aliphatic carbocycles. The summed E-state index contributed by atoms with van der Waals surface area (Å²) in [6.45, 7) is 4.83. The Bertz CT molecular complexity index is 190. The summed E-state index contributed by atoms with van der Waals surface area (Å²) >= 11 is 0. The maximum atomic E-state index is 10.3. The molecule has 0 aromatic rings. The first-order chi connectivity index (χ1) is 5.83. The minimum atomic E-state index is -5.10. The third-order valence-electron chi connectivity index (χ3n) is 1.09. The van der Waals surface area contributed by atoms with E-state index in [1.165, 1.54) is 6.92 Å². The van der Waals surface area contributed by atoms with Gasteiger partial charge < -0.3 is 23.8 Å². The third-order valence-corrected chi connectivity index (χ3v) is 1.65. The van der Waals surface area contributed by atoms with E-state index in [1.807, 2.05) is 0 Å². The van der Waals surface area contributed by atoms with Crippen molar-refractivity contribution in [1.29, 1.82) is 0 Å². The Kier molecular flexibility index (Phi) is 13.3. The number of hydrogen-bond acceptors (Lipinski definition) is 6. The maximum Gasteiger partial charge on any atom is 1.00 e. The fraction of sp³-hybridized carbons (Fsp3) is 1.00. The van der Waals surface area contributed by atoms with E-state index in [1.54, 1.807) is 13.8 Å². The van der Waals surface area contributed by atoms with Crippen LogP contribution in [0.5, 0.6) is 0 Å². The van der Waals surface area contributed by atoms with Crippen molar-refractivity contribution in [2.24, 2.45) is 0 Å². The van der Waals surface area contributed by atoms with Crippen LogP contribution in [0.15, 0.2) is 0 Å². The SMILES string of the molecule is CCOC(C)(OCC)OP(=O)([O-])[O-].[Li+].[Li+]. The van der Waals surface area contributed by atoms with E-state index in [0.717, 1.165) is 0 Å². The van der Waals surface area contributed by atoms with Gasteiger partial charge in [0.05, 0.1) is 7.82 Å². The zero-order valence-corrected chi connectivity index (χ0v) is 10.7. The van der Waals surface area contributed by atoms with Crippen molar-refractivity contribution in [1.82, 2.24) is 0 Å². The summed E-state index contributed by atoms with van der Waals surface area (Å²) in [5.41, 5.74) is 0. The average Bonchev–Trinajstić information content (AvgIpc) is 1.82. The van der Waals surface area contributed by atoms with Crippen molar-refractivity contribution in [3.63, 3.8) is 0 Å². The van der Waals surface area contributed by atoms with Crippen LogP contribution in [0.25, 0.3) is 0 Å². The molecule has 80 valence electrons. The predicted octanol–water partition coefficient (Wildman–Crippen LogP) is -6.41. The second kappa shape index (κ2) is 9.28. The van der Waals surface area contributed by atoms with E-state index in [2.05, 4.69) is 4.52 Å². The number of phosphoric ester groups is 1. The number of ether oxygens (including phenoxy) is 2. The Morgan fingerprint density at radius 3 is 1.67 bits per heavy atom. The zero-order valence-electron chi connectivity index (χ0n) is 9.81. The van der Waals surface area contributed by atoms with Crippen molar-refractivity contribution >= 4 is 7.82 Å². The molecule has 0 atom stereocenters. The van der Waals surface area contributed by atoms with E-state index in [0.29, 0.717) is 0 Å². The van der Waals surface area contributed by atoms with E-state index in [-0.39, 0.29) is 50.9 Å². The normalized spacial score (nSPS) is 11.5. The molecule has 0 unspecified atom stereocenters. The van der Waals surface area contributed by atoms with Gasteiger partial charge in [0.2, 0.25) is 0 Å². The summed E-state index contributed by atoms with van der Waals surface area (Å²) in [6, 6.07) is 0. The van der Waals surface area contributed by atoms with Crippen LogP contribution in [0.2, 0.25) is 0 Å². The molecule has 0 fully saturated rings. The molecular formula is C6H13Li2O6P. The molecular weight excluding hydrogens is 213 g/mol. The second-order valence-corrected chi connectivity index (χ2v) is 3.34. The fourth-order valence-corrected chi connectivity index (χ4v) is 1.33. The van der Waals surface area contributed by atoms with Gasteiger partial charge in [-0.15, -0.1) is 0 Å². The van der Waals surface area contributed by atoms with Crippen LogP contribution in [0.3, 0.4) is 0 Å². The van der Waals surface area contributed by atoms with Gasteiger partial charge in [0.15, 0.2) is 0 Å². The van der Waals surface area contributed by atoms with Crippen LogP contribution in [-0.4, -0.2) is 19.2 Å². The monoisotopic (exact) mass is 226 g/mol. The van der Waals surface area contributed by atoms with Crippen LogP contribution in [0.1, 0.15) is 20.8 Å². The molecule has 0 bridgehead atoms. The standard InChI is InChI=1S/C6H15O6P.2Li/c1-4-10-6(3,11-5-2)12-13(7,8)9;;/h4-5H2,1-3H3,(H2,7,8,9);;/q;2*+1/p-2. The van der Waals surface area contributed by atoms with Crippen LogP contribution in [-0.2, 0) is 18.6 Å². The minimum absolute atomic E-state index is 0. The Morgan fingerprint density at radius 1 is 1.13 bits per heavy atom. The first kappa shape index (κ1) is 21.5. The quantitative estimate of drug-likeness (QED) is 0.254. The average molecular weight is 226 g/mol. The molecule has 0 aliphatic heterocycles. The molecule has 15 heavy (non-hydrogen) atoms. The van der Waals surface area contributed by atoms with Crippen LogP contribution in [0.4, 0.5) is 0 Å². The van der Waals surface area contributed by atoms with Crippen molar-refractivity contribution in [3.05, 3.63) is 0 Å². The molecule has 0 aliphatic rings. The predicted molar refractivity (Wildman–Crippen MR) is 40.3 cm³/mol. The van der Waals surface area contributed by atoms with Gasteiger partial charge in [-0.3, -0.25) is 4.52 Å². The Morgan fingerprint density at radius 2 is 1.47 bits per heavy atom. The fourth-order valence-electron chi connectivity index (χ4n) is 0.822. The van der Waals surface area contributed by atoms with Gasteiger partial charge in [0.25, 0.3) is 5.97 Å². The van der Waals surface area contributed by atoms with Gasteiger partial charge in [-0.2, -0.15) is 0 Å². The topological polar surface area (TPSA) is 90.9 Å². The Labute approximate surface area is 114 Å².